The molecular formula is C47H55N5O7. The fraction of sp³-hybridized carbons (Fsp3) is 0.362. The Balaban J connectivity index is 1.39. The molecule has 0 fully saturated rings. The minimum Gasteiger partial charge on any atom is -0.457 e. The number of nitro benzene ring substituents is 1. The first-order valence-electron chi connectivity index (χ1n) is 20.6. The number of urea groups is 1. The fourth-order valence-corrected chi connectivity index (χ4v) is 7.24. The largest absolute Gasteiger partial charge is 0.457 e. The minimum absolute atomic E-state index is 0.00213. The van der Waals surface area contributed by atoms with Crippen molar-refractivity contribution in [1.29, 1.82) is 0 Å². The zero-order valence-electron chi connectivity index (χ0n) is 34.2. The van der Waals surface area contributed by atoms with Crippen molar-refractivity contribution in [3.63, 3.8) is 0 Å². The highest BCUT2D eigenvalue weighted by atomic mass is 16.6. The smallest absolute Gasteiger partial charge is 0.338 e. The van der Waals surface area contributed by atoms with Crippen molar-refractivity contribution in [3.05, 3.63) is 147 Å². The molecule has 12 nitrogen and oxygen atoms in total. The van der Waals surface area contributed by atoms with Crippen LogP contribution in [0, 0.1) is 10.1 Å². The van der Waals surface area contributed by atoms with Gasteiger partial charge in [0.05, 0.1) is 16.5 Å². The third-order valence-electron chi connectivity index (χ3n) is 10.5. The summed E-state index contributed by atoms with van der Waals surface area (Å²) in [5.41, 5.74) is 4.43. The van der Waals surface area contributed by atoms with Gasteiger partial charge in [0, 0.05) is 43.9 Å². The van der Waals surface area contributed by atoms with Crippen LogP contribution >= 0.6 is 0 Å². The zero-order valence-corrected chi connectivity index (χ0v) is 34.2. The summed E-state index contributed by atoms with van der Waals surface area (Å²) in [6.07, 6.45) is 5.69. The lowest BCUT2D eigenvalue weighted by Crippen LogP contribution is -2.48. The van der Waals surface area contributed by atoms with Crippen molar-refractivity contribution in [3.8, 4) is 11.1 Å². The summed E-state index contributed by atoms with van der Waals surface area (Å²) in [7, 11) is 0. The molecule has 2 atom stereocenters. The molecule has 2 N–H and O–H groups in total. The van der Waals surface area contributed by atoms with Crippen LogP contribution in [-0.4, -0.2) is 58.2 Å². The number of amides is 4. The van der Waals surface area contributed by atoms with E-state index in [9.17, 15) is 29.3 Å². The Morgan fingerprint density at radius 1 is 0.831 bits per heavy atom. The van der Waals surface area contributed by atoms with Gasteiger partial charge in [-0.1, -0.05) is 124 Å². The molecule has 12 heteroatoms. The van der Waals surface area contributed by atoms with Gasteiger partial charge in [0.25, 0.3) is 5.69 Å². The highest BCUT2D eigenvalue weighted by molar-refractivity contribution is 5.95. The first kappa shape index (κ1) is 43.8. The van der Waals surface area contributed by atoms with E-state index in [0.29, 0.717) is 29.9 Å². The third-order valence-corrected chi connectivity index (χ3v) is 10.5. The fourth-order valence-electron chi connectivity index (χ4n) is 7.24. The van der Waals surface area contributed by atoms with Crippen LogP contribution < -0.4 is 10.6 Å². The predicted octanol–water partition coefficient (Wildman–Crippen LogP) is 9.19. The number of non-ortho nitro benzene ring substituents is 1. The zero-order chi connectivity index (χ0) is 42.1. The van der Waals surface area contributed by atoms with E-state index in [-0.39, 0.29) is 49.1 Å². The van der Waals surface area contributed by atoms with E-state index < -0.39 is 29.0 Å². The summed E-state index contributed by atoms with van der Waals surface area (Å²) in [5, 5.41) is 17.3. The lowest BCUT2D eigenvalue weighted by atomic mass is 9.94. The maximum absolute atomic E-state index is 14.3. The molecular weight excluding hydrogens is 747 g/mol. The molecule has 310 valence electrons. The molecule has 59 heavy (non-hydrogen) atoms. The monoisotopic (exact) mass is 801 g/mol. The summed E-state index contributed by atoms with van der Waals surface area (Å²) in [6, 6.07) is 30.4. The van der Waals surface area contributed by atoms with E-state index in [1.807, 2.05) is 84.9 Å². The maximum Gasteiger partial charge on any atom is 0.338 e. The summed E-state index contributed by atoms with van der Waals surface area (Å²) in [5.74, 6) is -1.10. The van der Waals surface area contributed by atoms with Gasteiger partial charge in [-0.25, -0.2) is 9.59 Å². The summed E-state index contributed by atoms with van der Waals surface area (Å²) >= 11 is 0. The Hall–Kier alpha value is -6.30. The predicted molar refractivity (Wildman–Crippen MR) is 228 cm³/mol. The molecule has 0 aliphatic carbocycles. The topological polar surface area (TPSA) is 151 Å². The van der Waals surface area contributed by atoms with Gasteiger partial charge in [-0.05, 0) is 66.1 Å². The number of unbranched alkanes of at least 4 members (excludes halogenated alkanes) is 4. The number of nitro groups is 1. The second kappa shape index (κ2) is 22.0. The van der Waals surface area contributed by atoms with Crippen LogP contribution in [0.2, 0.25) is 0 Å². The van der Waals surface area contributed by atoms with Crippen molar-refractivity contribution in [1.82, 2.24) is 20.4 Å². The van der Waals surface area contributed by atoms with Crippen molar-refractivity contribution in [2.45, 2.75) is 90.8 Å². The molecule has 1 aliphatic heterocycles. The van der Waals surface area contributed by atoms with Crippen LogP contribution in [0.3, 0.4) is 0 Å². The molecule has 4 amide bonds. The minimum atomic E-state index is -0.927. The van der Waals surface area contributed by atoms with Gasteiger partial charge in [0.15, 0.2) is 0 Å². The summed E-state index contributed by atoms with van der Waals surface area (Å²) in [4.78, 5) is 69.9. The average Bonchev–Trinajstić information content (AvgIpc) is 3.25. The molecule has 2 unspecified atom stereocenters. The SMILES string of the molecule is CCCCCCN(C(=O)CCCN1C(=O)NC(c2ccc([N+](=O)[O-])cc2)C(C(=O)OCc2ccccc2)=C1C)C(C(=O)NCCCC)c1ccc(-c2ccccc2)cc1. The normalized spacial score (nSPS) is 14.3. The Bertz CT molecular complexity index is 2050. The lowest BCUT2D eigenvalue weighted by molar-refractivity contribution is -0.384. The number of hydrogen-bond donors (Lipinski definition) is 2. The molecule has 0 bridgehead atoms. The van der Waals surface area contributed by atoms with Gasteiger partial charge in [-0.15, -0.1) is 0 Å². The molecule has 4 aromatic rings. The van der Waals surface area contributed by atoms with Crippen LogP contribution in [0.5, 0.6) is 0 Å². The number of allylic oxidation sites excluding steroid dienone is 1. The highest BCUT2D eigenvalue weighted by Gasteiger charge is 2.37. The Labute approximate surface area is 346 Å². The molecule has 0 spiro atoms. The molecule has 0 radical (unpaired) electrons. The molecule has 1 aliphatic rings. The third kappa shape index (κ3) is 11.9. The number of carbonyl (C=O) groups excluding carboxylic acids is 4. The second-order valence-corrected chi connectivity index (χ2v) is 14.7. The van der Waals surface area contributed by atoms with Crippen molar-refractivity contribution < 1.29 is 28.8 Å². The number of hydrogen-bond acceptors (Lipinski definition) is 7. The van der Waals surface area contributed by atoms with E-state index in [1.54, 1.807) is 11.8 Å². The van der Waals surface area contributed by atoms with Gasteiger partial charge < -0.3 is 20.3 Å². The van der Waals surface area contributed by atoms with Crippen molar-refractivity contribution >= 4 is 29.5 Å². The first-order valence-corrected chi connectivity index (χ1v) is 20.6. The molecule has 1 heterocycles. The van der Waals surface area contributed by atoms with Crippen LogP contribution in [0.4, 0.5) is 10.5 Å². The first-order chi connectivity index (χ1) is 28.6. The number of benzene rings is 4. The van der Waals surface area contributed by atoms with Gasteiger partial charge in [0.2, 0.25) is 11.8 Å². The van der Waals surface area contributed by atoms with Gasteiger partial charge in [-0.2, -0.15) is 0 Å². The summed E-state index contributed by atoms with van der Waals surface area (Å²) < 4.78 is 5.74. The molecule has 4 aromatic carbocycles. The molecule has 5 rings (SSSR count). The average molecular weight is 802 g/mol. The Kier molecular flexibility index (Phi) is 16.3. The van der Waals surface area contributed by atoms with E-state index in [4.69, 9.17) is 4.74 Å². The molecule has 0 aromatic heterocycles. The van der Waals surface area contributed by atoms with E-state index in [1.165, 1.54) is 29.2 Å². The van der Waals surface area contributed by atoms with E-state index in [2.05, 4.69) is 24.5 Å². The van der Waals surface area contributed by atoms with E-state index >= 15 is 0 Å². The Morgan fingerprint density at radius 2 is 1.47 bits per heavy atom. The Morgan fingerprint density at radius 3 is 2.12 bits per heavy atom. The van der Waals surface area contributed by atoms with Gasteiger partial charge >= 0.3 is 12.0 Å². The number of ether oxygens (including phenoxy) is 1. The van der Waals surface area contributed by atoms with Gasteiger partial charge in [0.1, 0.15) is 12.6 Å². The number of nitrogens with zero attached hydrogens (tertiary/aromatic N) is 3. The molecule has 0 saturated heterocycles. The van der Waals surface area contributed by atoms with Crippen LogP contribution in [0.1, 0.15) is 101 Å². The quantitative estimate of drug-likeness (QED) is 0.0369. The molecule has 0 saturated carbocycles. The highest BCUT2D eigenvalue weighted by Crippen LogP contribution is 2.33. The maximum atomic E-state index is 14.3. The van der Waals surface area contributed by atoms with Gasteiger partial charge in [-0.3, -0.25) is 24.6 Å². The van der Waals surface area contributed by atoms with Crippen molar-refractivity contribution in [2.24, 2.45) is 0 Å². The number of carbonyl (C=O) groups is 4. The van der Waals surface area contributed by atoms with Crippen LogP contribution in [0.25, 0.3) is 11.1 Å². The van der Waals surface area contributed by atoms with Crippen molar-refractivity contribution in [2.75, 3.05) is 19.6 Å². The standard InChI is InChI=1S/C47H55N5O7/c1-4-6-8-15-31-51(44(45(54)48-30-7-5-2)39-24-22-37(23-25-39)36-19-13-10-14-20-36)41(53)21-16-32-50-34(3)42(46(55)59-33-35-17-11-9-12-18-35)43(49-47(50)56)38-26-28-40(29-27-38)52(57)58/h9-14,17-20,22-29,43-44H,4-8,15-16,21,30-33H2,1-3H3,(H,48,54)(H,49,56). The van der Waals surface area contributed by atoms with Crippen LogP contribution in [0.15, 0.2) is 120 Å². The lowest BCUT2D eigenvalue weighted by Gasteiger charge is -2.36. The number of rotatable bonds is 21. The number of esters is 1. The van der Waals surface area contributed by atoms with E-state index in [0.717, 1.165) is 55.2 Å². The van der Waals surface area contributed by atoms with Crippen LogP contribution in [-0.2, 0) is 25.7 Å². The summed E-state index contributed by atoms with van der Waals surface area (Å²) in [6.45, 7) is 6.84. The second-order valence-electron chi connectivity index (χ2n) is 14.7. The number of nitrogens with one attached hydrogen (secondary N) is 2.